The fraction of sp³-hybridized carbons (Fsp3) is 0. The second-order valence-electron chi connectivity index (χ2n) is 14.7. The summed E-state index contributed by atoms with van der Waals surface area (Å²) in [6, 6.07) is 70.1. The van der Waals surface area contributed by atoms with Gasteiger partial charge in [0, 0.05) is 16.7 Å². The summed E-state index contributed by atoms with van der Waals surface area (Å²) < 4.78 is 0. The molecule has 0 aliphatic heterocycles. The molecule has 0 spiro atoms. The molecule has 11 rings (SSSR count). The third-order valence-corrected chi connectivity index (χ3v) is 11.3. The molecule has 0 N–H and O–H groups in total. The molecular formula is C54H32N4. The standard InChI is InChI=1S/C54H32N4/c55-33-34-21-22-35-23-24-41(32-43(35)29-34)45-26-28-49-47-20-8-7-19-46(47)48-27-25-44(50(45)51(48)49)40-17-9-15-38(30-40)39-16-10-18-42(31-39)54-57-52(36-11-3-1-4-12-36)56-53(58-54)37-13-5-2-6-14-37/h1-32H. The molecule has 0 atom stereocenters. The summed E-state index contributed by atoms with van der Waals surface area (Å²) in [6.07, 6.45) is 0. The highest BCUT2D eigenvalue weighted by Gasteiger charge is 2.25. The van der Waals surface area contributed by atoms with E-state index in [4.69, 9.17) is 15.0 Å². The summed E-state index contributed by atoms with van der Waals surface area (Å²) in [7, 11) is 0. The molecule has 10 aromatic rings. The maximum Gasteiger partial charge on any atom is 0.164 e. The van der Waals surface area contributed by atoms with Crippen LogP contribution in [0.15, 0.2) is 194 Å². The Morgan fingerprint density at radius 3 is 1.34 bits per heavy atom. The molecule has 0 saturated heterocycles. The first-order valence-electron chi connectivity index (χ1n) is 19.4. The molecule has 1 heterocycles. The smallest absolute Gasteiger partial charge is 0.164 e. The van der Waals surface area contributed by atoms with Gasteiger partial charge in [-0.05, 0) is 108 Å². The molecule has 1 aliphatic rings. The van der Waals surface area contributed by atoms with Crippen LogP contribution in [-0.2, 0) is 0 Å². The van der Waals surface area contributed by atoms with Crippen LogP contribution >= 0.6 is 0 Å². The molecule has 0 radical (unpaired) electrons. The number of aromatic nitrogens is 3. The van der Waals surface area contributed by atoms with Crippen molar-refractivity contribution < 1.29 is 0 Å². The van der Waals surface area contributed by atoms with Crippen molar-refractivity contribution in [2.45, 2.75) is 0 Å². The number of nitrogens with zero attached hydrogens (tertiary/aromatic N) is 4. The zero-order valence-corrected chi connectivity index (χ0v) is 31.3. The highest BCUT2D eigenvalue weighted by Crippen LogP contribution is 2.52. The third kappa shape index (κ3) is 5.65. The SMILES string of the molecule is N#Cc1ccc2ccc(-c3ccc4c5c(ccc(-c6cccc(-c7cccc(-c8nc(-c9ccccc9)nc(-c9ccccc9)n8)c7)c6)c35)-c3ccccc3-4)cc2c1. The van der Waals surface area contributed by atoms with Crippen LogP contribution in [0.2, 0.25) is 0 Å². The van der Waals surface area contributed by atoms with Gasteiger partial charge in [0.15, 0.2) is 17.5 Å². The van der Waals surface area contributed by atoms with Gasteiger partial charge in [0.2, 0.25) is 0 Å². The topological polar surface area (TPSA) is 62.5 Å². The van der Waals surface area contributed by atoms with Crippen LogP contribution in [0, 0.1) is 11.3 Å². The van der Waals surface area contributed by atoms with E-state index in [2.05, 4.69) is 121 Å². The van der Waals surface area contributed by atoms with Crippen LogP contribution in [0.25, 0.3) is 111 Å². The molecule has 268 valence electrons. The predicted molar refractivity (Wildman–Crippen MR) is 237 cm³/mol. The summed E-state index contributed by atoms with van der Waals surface area (Å²) in [5.41, 5.74) is 15.3. The van der Waals surface area contributed by atoms with Gasteiger partial charge < -0.3 is 0 Å². The van der Waals surface area contributed by atoms with Gasteiger partial charge in [-0.15, -0.1) is 0 Å². The van der Waals surface area contributed by atoms with Gasteiger partial charge >= 0.3 is 0 Å². The number of nitriles is 1. The van der Waals surface area contributed by atoms with E-state index in [9.17, 15) is 5.26 Å². The Labute approximate surface area is 336 Å². The lowest BCUT2D eigenvalue weighted by molar-refractivity contribution is 1.07. The Morgan fingerprint density at radius 2 is 0.741 bits per heavy atom. The lowest BCUT2D eigenvalue weighted by Crippen LogP contribution is -2.00. The van der Waals surface area contributed by atoms with Crippen molar-refractivity contribution >= 4 is 21.5 Å². The van der Waals surface area contributed by atoms with Crippen LogP contribution in [0.5, 0.6) is 0 Å². The maximum absolute atomic E-state index is 9.67. The van der Waals surface area contributed by atoms with E-state index in [-0.39, 0.29) is 0 Å². The minimum atomic E-state index is 0.625. The van der Waals surface area contributed by atoms with Gasteiger partial charge in [0.25, 0.3) is 0 Å². The molecule has 0 fully saturated rings. The largest absolute Gasteiger partial charge is 0.208 e. The van der Waals surface area contributed by atoms with Crippen molar-refractivity contribution in [2.75, 3.05) is 0 Å². The third-order valence-electron chi connectivity index (χ3n) is 11.3. The van der Waals surface area contributed by atoms with E-state index < -0.39 is 0 Å². The van der Waals surface area contributed by atoms with Crippen molar-refractivity contribution in [3.63, 3.8) is 0 Å². The Morgan fingerprint density at radius 1 is 0.293 bits per heavy atom. The van der Waals surface area contributed by atoms with Gasteiger partial charge in [-0.2, -0.15) is 5.26 Å². The van der Waals surface area contributed by atoms with Crippen LogP contribution in [-0.4, -0.2) is 15.0 Å². The first-order valence-corrected chi connectivity index (χ1v) is 19.4. The first kappa shape index (κ1) is 33.3. The highest BCUT2D eigenvalue weighted by atomic mass is 15.0. The molecular weight excluding hydrogens is 705 g/mol. The summed E-state index contributed by atoms with van der Waals surface area (Å²) >= 11 is 0. The Bertz CT molecular complexity index is 3200. The summed E-state index contributed by atoms with van der Waals surface area (Å²) in [6.45, 7) is 0. The fourth-order valence-electron chi connectivity index (χ4n) is 8.50. The zero-order chi connectivity index (χ0) is 38.6. The van der Waals surface area contributed by atoms with Crippen molar-refractivity contribution in [2.24, 2.45) is 0 Å². The van der Waals surface area contributed by atoms with Crippen LogP contribution in [0.3, 0.4) is 0 Å². The lowest BCUT2D eigenvalue weighted by atomic mass is 9.87. The summed E-state index contributed by atoms with van der Waals surface area (Å²) in [4.78, 5) is 14.9. The molecule has 0 unspecified atom stereocenters. The van der Waals surface area contributed by atoms with Crippen LogP contribution in [0.1, 0.15) is 5.56 Å². The number of rotatable bonds is 6. The van der Waals surface area contributed by atoms with E-state index in [0.29, 0.717) is 23.0 Å². The van der Waals surface area contributed by atoms with Crippen LogP contribution in [0.4, 0.5) is 0 Å². The quantitative estimate of drug-likeness (QED) is 0.170. The second-order valence-corrected chi connectivity index (χ2v) is 14.7. The van der Waals surface area contributed by atoms with Gasteiger partial charge in [0.05, 0.1) is 11.6 Å². The molecule has 9 aromatic carbocycles. The average molecular weight is 737 g/mol. The minimum absolute atomic E-state index is 0.625. The molecule has 4 nitrogen and oxygen atoms in total. The molecule has 0 bridgehead atoms. The zero-order valence-electron chi connectivity index (χ0n) is 31.3. The molecule has 0 saturated carbocycles. The van der Waals surface area contributed by atoms with Crippen molar-refractivity contribution in [1.29, 1.82) is 5.26 Å². The van der Waals surface area contributed by atoms with Gasteiger partial charge in [-0.1, -0.05) is 164 Å². The normalized spacial score (nSPS) is 11.4. The molecule has 0 amide bonds. The molecule has 58 heavy (non-hydrogen) atoms. The second kappa shape index (κ2) is 13.6. The van der Waals surface area contributed by atoms with E-state index in [0.717, 1.165) is 49.7 Å². The number of hydrogen-bond acceptors (Lipinski definition) is 4. The van der Waals surface area contributed by atoms with E-state index >= 15 is 0 Å². The number of hydrogen-bond donors (Lipinski definition) is 0. The van der Waals surface area contributed by atoms with Gasteiger partial charge in [-0.25, -0.2) is 15.0 Å². The van der Waals surface area contributed by atoms with E-state index in [1.165, 1.54) is 44.2 Å². The Kier molecular flexibility index (Phi) is 7.84. The lowest BCUT2D eigenvalue weighted by Gasteiger charge is -2.16. The maximum atomic E-state index is 9.67. The van der Waals surface area contributed by atoms with E-state index in [1.807, 2.05) is 78.9 Å². The fourth-order valence-corrected chi connectivity index (χ4v) is 8.50. The molecule has 1 aliphatic carbocycles. The Hall–Kier alpha value is -8.00. The average Bonchev–Trinajstić information content (AvgIpc) is 3.63. The summed E-state index contributed by atoms with van der Waals surface area (Å²) in [5.74, 6) is 1.90. The van der Waals surface area contributed by atoms with Gasteiger partial charge in [0.1, 0.15) is 0 Å². The van der Waals surface area contributed by atoms with Crippen molar-refractivity contribution in [3.8, 4) is 95.9 Å². The summed E-state index contributed by atoms with van der Waals surface area (Å²) in [5, 5.41) is 14.3. The highest BCUT2D eigenvalue weighted by molar-refractivity contribution is 6.22. The number of benzene rings is 9. The Balaban J connectivity index is 1.06. The minimum Gasteiger partial charge on any atom is -0.208 e. The monoisotopic (exact) mass is 736 g/mol. The van der Waals surface area contributed by atoms with Crippen molar-refractivity contribution in [1.82, 2.24) is 15.0 Å². The van der Waals surface area contributed by atoms with E-state index in [1.54, 1.807) is 0 Å². The van der Waals surface area contributed by atoms with Crippen LogP contribution < -0.4 is 0 Å². The predicted octanol–water partition coefficient (Wildman–Crippen LogP) is 13.7. The number of fused-ring (bicyclic) bond motifs is 4. The molecule has 4 heteroatoms. The van der Waals surface area contributed by atoms with Gasteiger partial charge in [-0.3, -0.25) is 0 Å². The van der Waals surface area contributed by atoms with Crippen molar-refractivity contribution in [3.05, 3.63) is 200 Å². The first-order chi connectivity index (χ1) is 28.7. The molecule has 1 aromatic heterocycles.